The van der Waals surface area contributed by atoms with E-state index in [1.807, 2.05) is 24.3 Å². The number of nitrogens with zero attached hydrogens (tertiary/aromatic N) is 1. The molecule has 1 heterocycles. The van der Waals surface area contributed by atoms with Crippen molar-refractivity contribution in [1.29, 1.82) is 0 Å². The van der Waals surface area contributed by atoms with Crippen molar-refractivity contribution in [2.45, 2.75) is 0 Å². The quantitative estimate of drug-likeness (QED) is 0.557. The summed E-state index contributed by atoms with van der Waals surface area (Å²) in [6, 6.07) is 7.75. The van der Waals surface area contributed by atoms with Crippen LogP contribution in [0.5, 0.6) is 0 Å². The smallest absolute Gasteiger partial charge is 0.248 e. The lowest BCUT2D eigenvalue weighted by molar-refractivity contribution is 0.754. The Kier molecular flexibility index (Phi) is 0.998. The highest BCUT2D eigenvalue weighted by Crippen LogP contribution is 2.15. The van der Waals surface area contributed by atoms with Crippen molar-refractivity contribution in [2.75, 3.05) is 0 Å². The summed E-state index contributed by atoms with van der Waals surface area (Å²) in [7, 11) is 0.700. The topological polar surface area (TPSA) is 26.0 Å². The molecule has 0 saturated heterocycles. The van der Waals surface area contributed by atoms with E-state index in [1.165, 1.54) is 0 Å². The molecule has 0 amide bonds. The molecule has 2 rings (SSSR count). The van der Waals surface area contributed by atoms with Crippen LogP contribution in [0.1, 0.15) is 0 Å². The highest BCUT2D eigenvalue weighted by Gasteiger charge is 1.92. The summed E-state index contributed by atoms with van der Waals surface area (Å²) in [6.45, 7) is 0. The number of hydrogen-bond acceptors (Lipinski definition) is 2. The number of benzene rings is 1. The molecule has 44 valence electrons. The Hall–Kier alpha value is -0.880. The van der Waals surface area contributed by atoms with Gasteiger partial charge in [-0.05, 0) is 12.1 Å². The minimum absolute atomic E-state index is 0.700. The van der Waals surface area contributed by atoms with Gasteiger partial charge < -0.3 is 4.20 Å². The third-order valence-electron chi connectivity index (χ3n) is 1.15. The Labute approximate surface area is 53.8 Å². The normalized spacial score (nSPS) is 11.1. The van der Waals surface area contributed by atoms with Crippen LogP contribution in [0.3, 0.4) is 0 Å². The average Bonchev–Trinajstić information content (AvgIpc) is 2.33. The third kappa shape index (κ3) is 0.718. The van der Waals surface area contributed by atoms with Crippen LogP contribution >= 0.6 is 8.59 Å². The van der Waals surface area contributed by atoms with E-state index in [1.54, 1.807) is 0 Å². The van der Waals surface area contributed by atoms with Crippen molar-refractivity contribution in [1.82, 2.24) is 4.75 Å². The third-order valence-corrected chi connectivity index (χ3v) is 1.73. The van der Waals surface area contributed by atoms with Crippen LogP contribution in [0.15, 0.2) is 28.5 Å². The molecule has 2 aromatic rings. The van der Waals surface area contributed by atoms with Gasteiger partial charge in [0.2, 0.25) is 8.59 Å². The van der Waals surface area contributed by atoms with Crippen molar-refractivity contribution in [3.8, 4) is 0 Å². The molecule has 1 aromatic heterocycles. The van der Waals surface area contributed by atoms with E-state index >= 15 is 0 Å². The molecule has 1 aromatic carbocycles. The monoisotopic (exact) mass is 137 g/mol. The molecule has 0 fully saturated rings. The SMILES string of the molecule is c1ccc2opnc2c1. The number of para-hydroxylation sites is 1. The minimum atomic E-state index is 0.700. The molecular weight excluding hydrogens is 133 g/mol. The molecule has 0 N–H and O–H groups in total. The fourth-order valence-corrected chi connectivity index (χ4v) is 1.26. The summed E-state index contributed by atoms with van der Waals surface area (Å²) >= 11 is 0. The summed E-state index contributed by atoms with van der Waals surface area (Å²) < 4.78 is 9.15. The van der Waals surface area contributed by atoms with Crippen LogP contribution < -0.4 is 0 Å². The number of fused-ring (bicyclic) bond motifs is 1. The first-order valence-corrected chi connectivity index (χ1v) is 3.40. The van der Waals surface area contributed by atoms with Crippen LogP contribution in [0.2, 0.25) is 0 Å². The van der Waals surface area contributed by atoms with E-state index in [9.17, 15) is 0 Å². The summed E-state index contributed by atoms with van der Waals surface area (Å²) in [5.74, 6) is 0. The van der Waals surface area contributed by atoms with Crippen molar-refractivity contribution in [2.24, 2.45) is 0 Å². The molecule has 0 spiro atoms. The Morgan fingerprint density at radius 3 is 3.11 bits per heavy atom. The van der Waals surface area contributed by atoms with Gasteiger partial charge in [-0.2, -0.15) is 4.75 Å². The van der Waals surface area contributed by atoms with Crippen molar-refractivity contribution in [3.05, 3.63) is 24.3 Å². The molecule has 3 heteroatoms. The predicted octanol–water partition coefficient (Wildman–Crippen LogP) is 2.41. The standard InChI is InChI=1S/C6H4NOP/c1-2-4-6-5(3-1)7-9-8-6/h1-4H. The van der Waals surface area contributed by atoms with Crippen molar-refractivity contribution >= 4 is 19.7 Å². The second-order valence-corrected chi connectivity index (χ2v) is 2.29. The van der Waals surface area contributed by atoms with E-state index in [2.05, 4.69) is 4.75 Å². The van der Waals surface area contributed by atoms with Crippen LogP contribution in [0.4, 0.5) is 0 Å². The Bertz CT molecular complexity index is 287. The van der Waals surface area contributed by atoms with Crippen LogP contribution in [-0.4, -0.2) is 4.75 Å². The van der Waals surface area contributed by atoms with Crippen LogP contribution in [0.25, 0.3) is 11.1 Å². The van der Waals surface area contributed by atoms with Gasteiger partial charge in [0.1, 0.15) is 5.52 Å². The molecule has 2 nitrogen and oxygen atoms in total. The van der Waals surface area contributed by atoms with Gasteiger partial charge >= 0.3 is 0 Å². The molecule has 0 bridgehead atoms. The van der Waals surface area contributed by atoms with Gasteiger partial charge in [0, 0.05) is 0 Å². The van der Waals surface area contributed by atoms with Gasteiger partial charge in [-0.3, -0.25) is 0 Å². The summed E-state index contributed by atoms with van der Waals surface area (Å²) in [6.07, 6.45) is 0. The van der Waals surface area contributed by atoms with Crippen LogP contribution in [0, 0.1) is 0 Å². The van der Waals surface area contributed by atoms with Gasteiger partial charge in [-0.1, -0.05) is 12.1 Å². The average molecular weight is 137 g/mol. The van der Waals surface area contributed by atoms with Crippen molar-refractivity contribution < 1.29 is 4.20 Å². The van der Waals surface area contributed by atoms with E-state index in [0.29, 0.717) is 8.59 Å². The molecular formula is C6H4NOP. The fourth-order valence-electron chi connectivity index (χ4n) is 0.725. The van der Waals surface area contributed by atoms with Gasteiger partial charge in [0.25, 0.3) is 0 Å². The first kappa shape index (κ1) is 4.95. The minimum Gasteiger partial charge on any atom is -0.420 e. The molecule has 0 aliphatic rings. The summed E-state index contributed by atoms with van der Waals surface area (Å²) in [5.41, 5.74) is 1.85. The highest BCUT2D eigenvalue weighted by molar-refractivity contribution is 7.18. The van der Waals surface area contributed by atoms with Gasteiger partial charge in [-0.25, -0.2) is 0 Å². The lowest BCUT2D eigenvalue weighted by Gasteiger charge is -1.78. The number of rotatable bonds is 0. The zero-order valence-electron chi connectivity index (χ0n) is 4.61. The number of aromatic nitrogens is 1. The van der Waals surface area contributed by atoms with E-state index in [-0.39, 0.29) is 0 Å². The Morgan fingerprint density at radius 1 is 1.33 bits per heavy atom. The first-order valence-electron chi connectivity index (χ1n) is 2.64. The van der Waals surface area contributed by atoms with Crippen LogP contribution in [-0.2, 0) is 0 Å². The van der Waals surface area contributed by atoms with E-state index < -0.39 is 0 Å². The lowest BCUT2D eigenvalue weighted by atomic mass is 10.3. The Balaban J connectivity index is 2.95. The van der Waals surface area contributed by atoms with E-state index in [4.69, 9.17) is 4.20 Å². The molecule has 0 atom stereocenters. The second kappa shape index (κ2) is 1.82. The zero-order valence-corrected chi connectivity index (χ0v) is 5.51. The molecule has 0 radical (unpaired) electrons. The maximum atomic E-state index is 5.10. The largest absolute Gasteiger partial charge is 0.420 e. The van der Waals surface area contributed by atoms with Gasteiger partial charge in [0.05, 0.1) is 0 Å². The molecule has 0 saturated carbocycles. The van der Waals surface area contributed by atoms with Crippen molar-refractivity contribution in [3.63, 3.8) is 0 Å². The maximum absolute atomic E-state index is 5.10. The highest BCUT2D eigenvalue weighted by atomic mass is 31.1. The number of hydrogen-bond donors (Lipinski definition) is 0. The lowest BCUT2D eigenvalue weighted by Crippen LogP contribution is -1.61. The van der Waals surface area contributed by atoms with Gasteiger partial charge in [-0.15, -0.1) is 0 Å². The zero-order chi connectivity index (χ0) is 6.10. The predicted molar refractivity (Wildman–Crippen MR) is 36.5 cm³/mol. The maximum Gasteiger partial charge on any atom is 0.248 e. The molecule has 0 aliphatic heterocycles. The first-order chi connectivity index (χ1) is 4.47. The summed E-state index contributed by atoms with van der Waals surface area (Å²) in [4.78, 5) is 0. The molecule has 0 aliphatic carbocycles. The van der Waals surface area contributed by atoms with E-state index in [0.717, 1.165) is 11.1 Å². The Morgan fingerprint density at radius 2 is 2.22 bits per heavy atom. The fraction of sp³-hybridized carbons (Fsp3) is 0. The summed E-state index contributed by atoms with van der Waals surface area (Å²) in [5, 5.41) is 0. The molecule has 0 unspecified atom stereocenters. The van der Waals surface area contributed by atoms with Gasteiger partial charge in [0.15, 0.2) is 5.58 Å². The second-order valence-electron chi connectivity index (χ2n) is 1.74. The molecule has 9 heavy (non-hydrogen) atoms.